The molecule has 0 atom stereocenters. The van der Waals surface area contributed by atoms with E-state index >= 15 is 0 Å². The number of aromatic nitrogens is 5. The number of pyridine rings is 2. The third-order valence-electron chi connectivity index (χ3n) is 7.29. The van der Waals surface area contributed by atoms with Crippen LogP contribution in [0.4, 0.5) is 10.8 Å². The van der Waals surface area contributed by atoms with E-state index in [2.05, 4.69) is 20.2 Å². The smallest absolute Gasteiger partial charge is 0.407 e. The van der Waals surface area contributed by atoms with Gasteiger partial charge >= 0.3 is 6.09 Å². The van der Waals surface area contributed by atoms with E-state index < -0.39 is 6.09 Å². The maximum atomic E-state index is 13.7. The molecule has 0 bridgehead atoms. The van der Waals surface area contributed by atoms with Crippen molar-refractivity contribution in [2.45, 2.75) is 25.8 Å². The first-order valence-electron chi connectivity index (χ1n) is 12.0. The van der Waals surface area contributed by atoms with Crippen LogP contribution in [0.3, 0.4) is 0 Å². The molecule has 7 rings (SSSR count). The van der Waals surface area contributed by atoms with Crippen molar-refractivity contribution in [3.05, 3.63) is 46.5 Å². The lowest BCUT2D eigenvalue weighted by Gasteiger charge is -2.31. The van der Waals surface area contributed by atoms with Crippen molar-refractivity contribution < 1.29 is 14.3 Å². The summed E-state index contributed by atoms with van der Waals surface area (Å²) in [6, 6.07) is 6.58. The molecular formula is C25H23N7O4. The van der Waals surface area contributed by atoms with E-state index in [9.17, 15) is 14.7 Å². The molecule has 2 fully saturated rings. The second-order valence-corrected chi connectivity index (χ2v) is 9.50. The van der Waals surface area contributed by atoms with Crippen LogP contribution in [0, 0.1) is 6.92 Å². The Balaban J connectivity index is 1.40. The van der Waals surface area contributed by atoms with Crippen molar-refractivity contribution in [3.63, 3.8) is 0 Å². The Morgan fingerprint density at radius 3 is 2.72 bits per heavy atom. The van der Waals surface area contributed by atoms with Gasteiger partial charge in [-0.1, -0.05) is 6.07 Å². The number of H-pyrrole nitrogens is 1. The molecule has 0 radical (unpaired) electrons. The van der Waals surface area contributed by atoms with Crippen LogP contribution in [-0.4, -0.2) is 67.0 Å². The fraction of sp³-hybridized carbons (Fsp3) is 0.320. The average molecular weight is 486 g/mol. The van der Waals surface area contributed by atoms with Crippen LogP contribution in [0.5, 0.6) is 0 Å². The van der Waals surface area contributed by atoms with Crippen molar-refractivity contribution in [1.29, 1.82) is 0 Å². The molecule has 1 aliphatic carbocycles. The maximum absolute atomic E-state index is 13.7. The molecular weight excluding hydrogens is 462 g/mol. The number of piperazine rings is 1. The summed E-state index contributed by atoms with van der Waals surface area (Å²) < 4.78 is 8.10. The van der Waals surface area contributed by atoms with E-state index in [-0.39, 0.29) is 11.6 Å². The lowest BCUT2D eigenvalue weighted by atomic mass is 9.97. The highest BCUT2D eigenvalue weighted by atomic mass is 16.4. The average Bonchev–Trinajstić information content (AvgIpc) is 3.43. The SMILES string of the molecule is Cc1c(-c2cnc3[nH]ncc3c2)ccc2c3oc(N4CCN(C(=O)O)CC4)nc3c(=O)n(C3CC3)c12. The Labute approximate surface area is 204 Å². The maximum Gasteiger partial charge on any atom is 0.407 e. The lowest BCUT2D eigenvalue weighted by Crippen LogP contribution is -2.48. The van der Waals surface area contributed by atoms with Crippen molar-refractivity contribution >= 4 is 45.1 Å². The summed E-state index contributed by atoms with van der Waals surface area (Å²) >= 11 is 0. The molecule has 1 saturated carbocycles. The summed E-state index contributed by atoms with van der Waals surface area (Å²) in [5.74, 6) is 0. The number of fused-ring (bicyclic) bond motifs is 4. The first-order chi connectivity index (χ1) is 17.5. The molecule has 1 aromatic carbocycles. The van der Waals surface area contributed by atoms with Gasteiger partial charge in [-0.2, -0.15) is 10.1 Å². The molecule has 2 N–H and O–H groups in total. The van der Waals surface area contributed by atoms with Crippen molar-refractivity contribution in [2.24, 2.45) is 0 Å². The first kappa shape index (κ1) is 20.9. The monoisotopic (exact) mass is 485 g/mol. The van der Waals surface area contributed by atoms with Gasteiger partial charge in [-0.25, -0.2) is 9.78 Å². The number of anilines is 1. The zero-order valence-corrected chi connectivity index (χ0v) is 19.6. The fourth-order valence-electron chi connectivity index (χ4n) is 5.25. The Bertz CT molecular complexity index is 1740. The second kappa shape index (κ2) is 7.54. The fourth-order valence-corrected chi connectivity index (χ4v) is 5.25. The van der Waals surface area contributed by atoms with Gasteiger partial charge in [-0.05, 0) is 43.0 Å². The van der Waals surface area contributed by atoms with Gasteiger partial charge in [0.25, 0.3) is 11.6 Å². The zero-order valence-electron chi connectivity index (χ0n) is 19.6. The van der Waals surface area contributed by atoms with Crippen LogP contribution < -0.4 is 10.5 Å². The normalized spacial score (nSPS) is 16.5. The molecule has 4 aromatic heterocycles. The highest BCUT2D eigenvalue weighted by Gasteiger charge is 2.31. The number of aryl methyl sites for hydroxylation is 1. The molecule has 5 aromatic rings. The third-order valence-corrected chi connectivity index (χ3v) is 7.29. The number of hydrogen-bond acceptors (Lipinski definition) is 7. The molecule has 11 nitrogen and oxygen atoms in total. The summed E-state index contributed by atoms with van der Waals surface area (Å²) in [6.45, 7) is 3.67. The van der Waals surface area contributed by atoms with Crippen molar-refractivity contribution in [1.82, 2.24) is 29.6 Å². The third kappa shape index (κ3) is 3.08. The lowest BCUT2D eigenvalue weighted by molar-refractivity contribution is 0.142. The van der Waals surface area contributed by atoms with E-state index in [0.717, 1.165) is 51.5 Å². The van der Waals surface area contributed by atoms with E-state index in [0.29, 0.717) is 43.3 Å². The minimum atomic E-state index is -0.932. The molecule has 36 heavy (non-hydrogen) atoms. The number of carboxylic acid groups (broad SMARTS) is 1. The molecule has 5 heterocycles. The predicted octanol–water partition coefficient (Wildman–Crippen LogP) is 3.52. The quantitative estimate of drug-likeness (QED) is 0.397. The van der Waals surface area contributed by atoms with Crippen LogP contribution in [-0.2, 0) is 0 Å². The molecule has 2 aliphatic rings. The van der Waals surface area contributed by atoms with Gasteiger partial charge in [0.05, 0.1) is 11.7 Å². The molecule has 11 heteroatoms. The van der Waals surface area contributed by atoms with Crippen LogP contribution in [0.25, 0.3) is 44.2 Å². The Morgan fingerprint density at radius 1 is 1.17 bits per heavy atom. The van der Waals surface area contributed by atoms with Crippen LogP contribution >= 0.6 is 0 Å². The number of oxazole rings is 1. The van der Waals surface area contributed by atoms with Crippen molar-refractivity contribution in [2.75, 3.05) is 31.1 Å². The second-order valence-electron chi connectivity index (χ2n) is 9.50. The number of carbonyl (C=O) groups is 1. The number of hydrogen-bond donors (Lipinski definition) is 2. The summed E-state index contributed by atoms with van der Waals surface area (Å²) in [7, 11) is 0. The van der Waals surface area contributed by atoms with Gasteiger partial charge in [-0.3, -0.25) is 9.89 Å². The summed E-state index contributed by atoms with van der Waals surface area (Å²) in [5.41, 5.74) is 5.16. The van der Waals surface area contributed by atoms with Crippen LogP contribution in [0.2, 0.25) is 0 Å². The van der Waals surface area contributed by atoms with E-state index in [1.54, 1.807) is 6.20 Å². The van der Waals surface area contributed by atoms with E-state index in [1.807, 2.05) is 40.8 Å². The standard InChI is InChI=1S/C25H23N7O4/c1-13-17(14-10-15-12-27-29-22(15)26-11-14)4-5-18-20(13)32(16-2-3-16)23(33)19-21(18)36-24(28-19)30-6-8-31(9-7-30)25(34)35/h4-5,10-12,16H,2-3,6-9H2,1H3,(H,34,35)(H,26,27,29). The number of nitrogens with zero attached hydrogens (tertiary/aromatic N) is 6. The zero-order chi connectivity index (χ0) is 24.6. The Hall–Kier alpha value is -4.41. The summed E-state index contributed by atoms with van der Waals surface area (Å²) in [5, 5.41) is 18.0. The molecule has 0 spiro atoms. The number of benzene rings is 1. The van der Waals surface area contributed by atoms with E-state index in [4.69, 9.17) is 4.42 Å². The Morgan fingerprint density at radius 2 is 1.97 bits per heavy atom. The number of aromatic amines is 1. The predicted molar refractivity (Wildman–Crippen MR) is 133 cm³/mol. The number of rotatable bonds is 3. The van der Waals surface area contributed by atoms with Gasteiger partial charge in [0.1, 0.15) is 0 Å². The molecule has 1 saturated heterocycles. The molecule has 1 amide bonds. The van der Waals surface area contributed by atoms with Gasteiger partial charge in [0, 0.05) is 54.8 Å². The number of nitrogens with one attached hydrogen (secondary N) is 1. The molecule has 1 aliphatic heterocycles. The highest BCUT2D eigenvalue weighted by molar-refractivity contribution is 6.04. The largest absolute Gasteiger partial charge is 0.465 e. The highest BCUT2D eigenvalue weighted by Crippen LogP contribution is 2.41. The topological polar surface area (TPSA) is 133 Å². The minimum absolute atomic E-state index is 0.145. The molecule has 182 valence electrons. The van der Waals surface area contributed by atoms with Gasteiger partial charge in [0.2, 0.25) is 0 Å². The summed E-state index contributed by atoms with van der Waals surface area (Å²) in [6.07, 6.45) is 4.54. The first-order valence-corrected chi connectivity index (χ1v) is 12.0. The van der Waals surface area contributed by atoms with Gasteiger partial charge in [0.15, 0.2) is 16.7 Å². The van der Waals surface area contributed by atoms with Gasteiger partial charge in [-0.15, -0.1) is 0 Å². The van der Waals surface area contributed by atoms with Gasteiger partial charge < -0.3 is 23.9 Å². The summed E-state index contributed by atoms with van der Waals surface area (Å²) in [4.78, 5) is 37.3. The van der Waals surface area contributed by atoms with E-state index in [1.165, 1.54) is 4.90 Å². The van der Waals surface area contributed by atoms with Crippen LogP contribution in [0.15, 0.2) is 39.8 Å². The van der Waals surface area contributed by atoms with Crippen molar-refractivity contribution in [3.8, 4) is 11.1 Å². The van der Waals surface area contributed by atoms with Crippen LogP contribution in [0.1, 0.15) is 24.4 Å². The minimum Gasteiger partial charge on any atom is -0.465 e. The number of amides is 1. The molecule has 0 unspecified atom stereocenters. The Kier molecular flexibility index (Phi) is 4.38.